The lowest BCUT2D eigenvalue weighted by Crippen LogP contribution is -2.48. The van der Waals surface area contributed by atoms with Crippen LogP contribution in [0.15, 0.2) is 18.2 Å². The molecule has 0 aromatic heterocycles. The highest BCUT2D eigenvalue weighted by Gasteiger charge is 2.23. The molecule has 1 fully saturated rings. The molecule has 6 heteroatoms. The Morgan fingerprint density at radius 1 is 1.48 bits per heavy atom. The number of hydrogen-bond acceptors (Lipinski definition) is 4. The Labute approximate surface area is 129 Å². The quantitative estimate of drug-likeness (QED) is 0.930. The number of carbonyl (C=O) groups is 1. The fourth-order valence-corrected chi connectivity index (χ4v) is 2.72. The second-order valence-electron chi connectivity index (χ2n) is 5.31. The lowest BCUT2D eigenvalue weighted by Gasteiger charge is -2.34. The van der Waals surface area contributed by atoms with E-state index in [0.717, 1.165) is 13.1 Å². The van der Waals surface area contributed by atoms with E-state index in [9.17, 15) is 4.79 Å². The summed E-state index contributed by atoms with van der Waals surface area (Å²) >= 11 is 5.94. The van der Waals surface area contributed by atoms with Crippen LogP contribution in [0.1, 0.15) is 19.4 Å². The van der Waals surface area contributed by atoms with E-state index in [1.54, 1.807) is 18.2 Å². The number of amides is 1. The number of ether oxygens (including phenoxy) is 1. The topological polar surface area (TPSA) is 65.4 Å². The molecule has 1 aromatic rings. The third-order valence-corrected chi connectivity index (χ3v) is 3.55. The average Bonchev–Trinajstić information content (AvgIpc) is 2.37. The van der Waals surface area contributed by atoms with Crippen LogP contribution in [-0.2, 0) is 9.53 Å². The minimum absolute atomic E-state index is 0.0999. The van der Waals surface area contributed by atoms with Gasteiger partial charge in [0.25, 0.3) is 0 Å². The maximum absolute atomic E-state index is 12.1. The van der Waals surface area contributed by atoms with Gasteiger partial charge in [-0.05, 0) is 32.0 Å². The first-order valence-corrected chi connectivity index (χ1v) is 7.23. The van der Waals surface area contributed by atoms with E-state index < -0.39 is 0 Å². The van der Waals surface area contributed by atoms with Gasteiger partial charge in [0.15, 0.2) is 0 Å². The van der Waals surface area contributed by atoms with Crippen LogP contribution in [0, 0.1) is 11.3 Å². The normalized spacial score (nSPS) is 22.6. The molecule has 0 bridgehead atoms. The first-order valence-electron chi connectivity index (χ1n) is 6.85. The van der Waals surface area contributed by atoms with Crippen molar-refractivity contribution in [2.75, 3.05) is 25.0 Å². The van der Waals surface area contributed by atoms with E-state index in [4.69, 9.17) is 21.6 Å². The molecule has 1 aromatic carbocycles. The van der Waals surface area contributed by atoms with Crippen molar-refractivity contribution in [1.82, 2.24) is 4.90 Å². The molecule has 1 aliphatic rings. The molecule has 112 valence electrons. The Hall–Kier alpha value is -1.61. The van der Waals surface area contributed by atoms with Gasteiger partial charge in [0.05, 0.1) is 29.3 Å². The number of rotatable bonds is 3. The monoisotopic (exact) mass is 307 g/mol. The number of nitrogens with zero attached hydrogens (tertiary/aromatic N) is 2. The van der Waals surface area contributed by atoms with E-state index in [-0.39, 0.29) is 18.1 Å². The van der Waals surface area contributed by atoms with Crippen LogP contribution in [0.4, 0.5) is 5.69 Å². The number of anilines is 1. The number of nitriles is 1. The minimum atomic E-state index is -0.0999. The average molecular weight is 308 g/mol. The summed E-state index contributed by atoms with van der Waals surface area (Å²) in [6.45, 7) is 5.80. The molecule has 1 heterocycles. The van der Waals surface area contributed by atoms with Gasteiger partial charge >= 0.3 is 0 Å². The Morgan fingerprint density at radius 3 is 2.71 bits per heavy atom. The summed E-state index contributed by atoms with van der Waals surface area (Å²) < 4.78 is 5.64. The lowest BCUT2D eigenvalue weighted by molar-refractivity contribution is -0.121. The van der Waals surface area contributed by atoms with Crippen molar-refractivity contribution >= 4 is 23.2 Å². The number of morpholine rings is 1. The van der Waals surface area contributed by atoms with Crippen molar-refractivity contribution in [3.8, 4) is 6.07 Å². The zero-order valence-corrected chi connectivity index (χ0v) is 12.9. The van der Waals surface area contributed by atoms with Crippen molar-refractivity contribution < 1.29 is 9.53 Å². The smallest absolute Gasteiger partial charge is 0.238 e. The molecule has 2 atom stereocenters. The van der Waals surface area contributed by atoms with Crippen molar-refractivity contribution in [2.45, 2.75) is 26.1 Å². The van der Waals surface area contributed by atoms with Crippen LogP contribution in [0.5, 0.6) is 0 Å². The highest BCUT2D eigenvalue weighted by molar-refractivity contribution is 6.32. The van der Waals surface area contributed by atoms with Gasteiger partial charge in [-0.3, -0.25) is 9.69 Å². The van der Waals surface area contributed by atoms with Gasteiger partial charge in [-0.1, -0.05) is 11.6 Å². The highest BCUT2D eigenvalue weighted by atomic mass is 35.5. The summed E-state index contributed by atoms with van der Waals surface area (Å²) in [5.74, 6) is -0.0999. The van der Waals surface area contributed by atoms with Crippen molar-refractivity contribution in [2.24, 2.45) is 0 Å². The maximum Gasteiger partial charge on any atom is 0.238 e. The summed E-state index contributed by atoms with van der Waals surface area (Å²) in [5.41, 5.74) is 0.990. The molecule has 1 N–H and O–H groups in total. The molecule has 21 heavy (non-hydrogen) atoms. The molecule has 5 nitrogen and oxygen atoms in total. The third-order valence-electron chi connectivity index (χ3n) is 3.24. The van der Waals surface area contributed by atoms with Crippen LogP contribution in [0.25, 0.3) is 0 Å². The second-order valence-corrected chi connectivity index (χ2v) is 5.71. The summed E-state index contributed by atoms with van der Waals surface area (Å²) in [6.07, 6.45) is 0.261. The Balaban J connectivity index is 1.93. The SMILES string of the molecule is CC1CN(CC(=O)Nc2ccc(C#N)c(Cl)c2)CC(C)O1. The number of halogens is 1. The molecule has 0 saturated carbocycles. The maximum atomic E-state index is 12.1. The van der Waals surface area contributed by atoms with E-state index >= 15 is 0 Å². The predicted molar refractivity (Wildman–Crippen MR) is 81.2 cm³/mol. The van der Waals surface area contributed by atoms with Gasteiger partial charge in [0.2, 0.25) is 5.91 Å². The van der Waals surface area contributed by atoms with Crippen LogP contribution in [0.2, 0.25) is 5.02 Å². The van der Waals surface area contributed by atoms with Crippen molar-refractivity contribution in [3.63, 3.8) is 0 Å². The summed E-state index contributed by atoms with van der Waals surface area (Å²) in [7, 11) is 0. The predicted octanol–water partition coefficient (Wildman–Crippen LogP) is 2.26. The van der Waals surface area contributed by atoms with E-state index in [1.807, 2.05) is 19.9 Å². The van der Waals surface area contributed by atoms with Crippen molar-refractivity contribution in [1.29, 1.82) is 5.26 Å². The molecule has 1 amide bonds. The minimum Gasteiger partial charge on any atom is -0.373 e. The van der Waals surface area contributed by atoms with E-state index in [0.29, 0.717) is 22.8 Å². The Morgan fingerprint density at radius 2 is 2.14 bits per heavy atom. The number of nitrogens with one attached hydrogen (secondary N) is 1. The van der Waals surface area contributed by atoms with Gasteiger partial charge in [-0.2, -0.15) is 5.26 Å². The molecular formula is C15H18ClN3O2. The number of carbonyl (C=O) groups excluding carboxylic acids is 1. The fraction of sp³-hybridized carbons (Fsp3) is 0.467. The fourth-order valence-electron chi connectivity index (χ4n) is 2.50. The molecule has 0 spiro atoms. The molecule has 0 radical (unpaired) electrons. The second kappa shape index (κ2) is 6.90. The van der Waals surface area contributed by atoms with Crippen LogP contribution in [-0.4, -0.2) is 42.6 Å². The van der Waals surface area contributed by atoms with Gasteiger partial charge in [-0.25, -0.2) is 0 Å². The van der Waals surface area contributed by atoms with Gasteiger partial charge < -0.3 is 10.1 Å². The Kier molecular flexibility index (Phi) is 5.18. The largest absolute Gasteiger partial charge is 0.373 e. The van der Waals surface area contributed by atoms with Gasteiger partial charge in [0.1, 0.15) is 6.07 Å². The zero-order chi connectivity index (χ0) is 15.4. The van der Waals surface area contributed by atoms with Gasteiger partial charge in [-0.15, -0.1) is 0 Å². The molecular weight excluding hydrogens is 290 g/mol. The summed E-state index contributed by atoms with van der Waals surface area (Å²) in [4.78, 5) is 14.1. The van der Waals surface area contributed by atoms with Crippen molar-refractivity contribution in [3.05, 3.63) is 28.8 Å². The number of hydrogen-bond donors (Lipinski definition) is 1. The molecule has 2 rings (SSSR count). The first kappa shape index (κ1) is 15.8. The standard InChI is InChI=1S/C15H18ClN3O2/c1-10-7-19(8-11(2)21-10)9-15(20)18-13-4-3-12(6-17)14(16)5-13/h3-5,10-11H,7-9H2,1-2H3,(H,18,20). The van der Waals surface area contributed by atoms with E-state index in [1.165, 1.54) is 0 Å². The molecule has 1 saturated heterocycles. The molecule has 2 unspecified atom stereocenters. The van der Waals surface area contributed by atoms with Gasteiger partial charge in [0, 0.05) is 18.8 Å². The molecule has 0 aliphatic carbocycles. The number of benzene rings is 1. The highest BCUT2D eigenvalue weighted by Crippen LogP contribution is 2.20. The summed E-state index contributed by atoms with van der Waals surface area (Å²) in [6, 6.07) is 6.84. The Bertz CT molecular complexity index is 561. The first-order chi connectivity index (χ1) is 9.97. The third kappa shape index (κ3) is 4.43. The van der Waals surface area contributed by atoms with Crippen LogP contribution < -0.4 is 5.32 Å². The molecule has 1 aliphatic heterocycles. The van der Waals surface area contributed by atoms with Crippen LogP contribution >= 0.6 is 11.6 Å². The lowest BCUT2D eigenvalue weighted by atomic mass is 10.2. The van der Waals surface area contributed by atoms with Crippen LogP contribution in [0.3, 0.4) is 0 Å². The summed E-state index contributed by atoms with van der Waals surface area (Å²) in [5, 5.41) is 11.9. The van der Waals surface area contributed by atoms with E-state index in [2.05, 4.69) is 10.2 Å². The zero-order valence-electron chi connectivity index (χ0n) is 12.1.